The number of nitrogens with two attached hydrogens (primary N) is 1. The summed E-state index contributed by atoms with van der Waals surface area (Å²) < 4.78 is 0. The van der Waals surface area contributed by atoms with E-state index in [1.165, 1.54) is 0 Å². The Morgan fingerprint density at radius 3 is 3.06 bits per heavy atom. The summed E-state index contributed by atoms with van der Waals surface area (Å²) in [6, 6.07) is 7.39. The molecule has 4 N–H and O–H groups in total. The molecule has 1 unspecified atom stereocenters. The fourth-order valence-corrected chi connectivity index (χ4v) is 1.80. The molecule has 17 heavy (non-hydrogen) atoms. The minimum absolute atomic E-state index is 0.355. The van der Waals surface area contributed by atoms with E-state index < -0.39 is 0 Å². The second-order valence-corrected chi connectivity index (χ2v) is 3.86. The quantitative estimate of drug-likeness (QED) is 0.509. The van der Waals surface area contributed by atoms with Crippen LogP contribution in [-0.2, 0) is 4.79 Å². The van der Waals surface area contributed by atoms with E-state index >= 15 is 0 Å². The zero-order valence-corrected chi connectivity index (χ0v) is 9.52. The summed E-state index contributed by atoms with van der Waals surface area (Å²) in [5, 5.41) is 7.39. The lowest BCUT2D eigenvalue weighted by molar-refractivity contribution is -0.109. The largest absolute Gasteiger partial charge is 0.368 e. The molecule has 1 aromatic rings. The number of hydrazone groups is 1. The van der Waals surface area contributed by atoms with Crippen molar-refractivity contribution < 1.29 is 4.79 Å². The predicted molar refractivity (Wildman–Crippen MR) is 66.6 cm³/mol. The molecule has 0 spiro atoms. The van der Waals surface area contributed by atoms with Gasteiger partial charge in [0.1, 0.15) is 12.3 Å². The Bertz CT molecular complexity index is 430. The minimum Gasteiger partial charge on any atom is -0.368 e. The predicted octanol–water partition coefficient (Wildman–Crippen LogP) is 0.130. The lowest BCUT2D eigenvalue weighted by Gasteiger charge is -2.22. The van der Waals surface area contributed by atoms with Crippen LogP contribution in [0, 0.1) is 0 Å². The SMILES string of the molecule is NCCCNC1=NNC(C=O)c2ccccc21. The van der Waals surface area contributed by atoms with Crippen LogP contribution in [0.2, 0.25) is 0 Å². The van der Waals surface area contributed by atoms with E-state index in [-0.39, 0.29) is 6.04 Å². The van der Waals surface area contributed by atoms with Gasteiger partial charge in [0.15, 0.2) is 5.84 Å². The highest BCUT2D eigenvalue weighted by Gasteiger charge is 2.21. The third-order valence-electron chi connectivity index (χ3n) is 2.68. The van der Waals surface area contributed by atoms with Gasteiger partial charge in [-0.05, 0) is 18.5 Å². The van der Waals surface area contributed by atoms with Crippen molar-refractivity contribution in [1.82, 2.24) is 10.7 Å². The maximum absolute atomic E-state index is 10.9. The van der Waals surface area contributed by atoms with Crippen molar-refractivity contribution in [3.05, 3.63) is 35.4 Å². The number of aldehydes is 1. The van der Waals surface area contributed by atoms with Crippen molar-refractivity contribution >= 4 is 12.1 Å². The van der Waals surface area contributed by atoms with Crippen molar-refractivity contribution in [2.75, 3.05) is 13.1 Å². The number of fused-ring (bicyclic) bond motifs is 1. The average Bonchev–Trinajstić information content (AvgIpc) is 2.39. The van der Waals surface area contributed by atoms with Gasteiger partial charge in [0.25, 0.3) is 0 Å². The van der Waals surface area contributed by atoms with Crippen LogP contribution in [-0.4, -0.2) is 25.2 Å². The molecule has 1 aliphatic rings. The molecule has 0 amide bonds. The third kappa shape index (κ3) is 2.45. The van der Waals surface area contributed by atoms with Gasteiger partial charge in [0, 0.05) is 12.1 Å². The van der Waals surface area contributed by atoms with Gasteiger partial charge in [0.2, 0.25) is 0 Å². The molecule has 0 bridgehead atoms. The highest BCUT2D eigenvalue weighted by molar-refractivity contribution is 6.01. The number of hydrogen-bond donors (Lipinski definition) is 3. The van der Waals surface area contributed by atoms with Gasteiger partial charge in [-0.3, -0.25) is 5.43 Å². The monoisotopic (exact) mass is 232 g/mol. The third-order valence-corrected chi connectivity index (χ3v) is 2.68. The lowest BCUT2D eigenvalue weighted by atomic mass is 9.99. The number of rotatable bonds is 4. The highest BCUT2D eigenvalue weighted by Crippen LogP contribution is 2.20. The number of nitrogens with one attached hydrogen (secondary N) is 2. The number of carbonyl (C=O) groups is 1. The normalized spacial score (nSPS) is 17.7. The van der Waals surface area contributed by atoms with Crippen molar-refractivity contribution in [1.29, 1.82) is 0 Å². The van der Waals surface area contributed by atoms with E-state index in [0.29, 0.717) is 6.54 Å². The van der Waals surface area contributed by atoms with Gasteiger partial charge in [0.05, 0.1) is 0 Å². The fourth-order valence-electron chi connectivity index (χ4n) is 1.80. The number of hydrogen-bond acceptors (Lipinski definition) is 5. The Balaban J connectivity index is 2.19. The lowest BCUT2D eigenvalue weighted by Crippen LogP contribution is -2.35. The van der Waals surface area contributed by atoms with E-state index in [1.807, 2.05) is 24.3 Å². The summed E-state index contributed by atoms with van der Waals surface area (Å²) in [4.78, 5) is 10.9. The Labute approximate surface area is 100 Å². The molecule has 2 rings (SSSR count). The van der Waals surface area contributed by atoms with Crippen LogP contribution in [0.4, 0.5) is 0 Å². The minimum atomic E-state index is -0.355. The summed E-state index contributed by atoms with van der Waals surface area (Å²) in [6.07, 6.45) is 1.75. The second-order valence-electron chi connectivity index (χ2n) is 3.86. The summed E-state index contributed by atoms with van der Waals surface area (Å²) in [5.41, 5.74) is 10.2. The van der Waals surface area contributed by atoms with Crippen LogP contribution in [0.1, 0.15) is 23.6 Å². The molecule has 1 heterocycles. The number of carbonyl (C=O) groups excluding carboxylic acids is 1. The van der Waals surface area contributed by atoms with Crippen LogP contribution < -0.4 is 16.5 Å². The zero-order chi connectivity index (χ0) is 12.1. The number of nitrogens with zero attached hydrogens (tertiary/aromatic N) is 1. The molecule has 0 saturated carbocycles. The molecule has 1 atom stereocenters. The summed E-state index contributed by atoms with van der Waals surface area (Å²) in [7, 11) is 0. The first kappa shape index (κ1) is 11.6. The van der Waals surface area contributed by atoms with Crippen LogP contribution in [0.5, 0.6) is 0 Å². The molecular weight excluding hydrogens is 216 g/mol. The Morgan fingerprint density at radius 2 is 2.29 bits per heavy atom. The molecule has 0 saturated heterocycles. The van der Waals surface area contributed by atoms with Crippen molar-refractivity contribution in [2.45, 2.75) is 12.5 Å². The highest BCUT2D eigenvalue weighted by atomic mass is 16.1. The molecule has 0 radical (unpaired) electrons. The molecule has 1 aromatic carbocycles. The molecule has 0 aromatic heterocycles. The van der Waals surface area contributed by atoms with Gasteiger partial charge in [-0.2, -0.15) is 5.10 Å². The Morgan fingerprint density at radius 1 is 1.47 bits per heavy atom. The topological polar surface area (TPSA) is 79.5 Å². The first-order valence-electron chi connectivity index (χ1n) is 5.68. The Kier molecular flexibility index (Phi) is 3.72. The maximum Gasteiger partial charge on any atom is 0.153 e. The van der Waals surface area contributed by atoms with Crippen LogP contribution in [0.3, 0.4) is 0 Å². The summed E-state index contributed by atoms with van der Waals surface area (Å²) in [6.45, 7) is 1.42. The van der Waals surface area contributed by atoms with E-state index in [9.17, 15) is 4.79 Å². The van der Waals surface area contributed by atoms with Gasteiger partial charge in [-0.1, -0.05) is 24.3 Å². The van der Waals surface area contributed by atoms with Gasteiger partial charge in [-0.15, -0.1) is 0 Å². The summed E-state index contributed by atoms with van der Waals surface area (Å²) >= 11 is 0. The maximum atomic E-state index is 10.9. The zero-order valence-electron chi connectivity index (χ0n) is 9.52. The average molecular weight is 232 g/mol. The molecule has 1 aliphatic heterocycles. The van der Waals surface area contributed by atoms with Gasteiger partial charge >= 0.3 is 0 Å². The molecule has 5 nitrogen and oxygen atoms in total. The van der Waals surface area contributed by atoms with E-state index in [2.05, 4.69) is 15.8 Å². The smallest absolute Gasteiger partial charge is 0.153 e. The van der Waals surface area contributed by atoms with E-state index in [1.54, 1.807) is 0 Å². The van der Waals surface area contributed by atoms with Crippen molar-refractivity contribution in [2.24, 2.45) is 10.8 Å². The second kappa shape index (κ2) is 5.45. The standard InChI is InChI=1S/C12H16N4O/c13-6-3-7-14-12-10-5-2-1-4-9(10)11(8-17)15-16-12/h1-2,4-5,8,11,15H,3,6-7,13H2,(H,14,16). The fraction of sp³-hybridized carbons (Fsp3) is 0.333. The van der Waals surface area contributed by atoms with Crippen LogP contribution in [0.15, 0.2) is 29.4 Å². The molecule has 0 aliphatic carbocycles. The van der Waals surface area contributed by atoms with Gasteiger partial charge < -0.3 is 15.8 Å². The van der Waals surface area contributed by atoms with Crippen molar-refractivity contribution in [3.8, 4) is 0 Å². The van der Waals surface area contributed by atoms with Crippen molar-refractivity contribution in [3.63, 3.8) is 0 Å². The van der Waals surface area contributed by atoms with Gasteiger partial charge in [-0.25, -0.2) is 0 Å². The Hall–Kier alpha value is -1.88. The molecule has 90 valence electrons. The van der Waals surface area contributed by atoms with E-state index in [4.69, 9.17) is 5.73 Å². The first-order chi connectivity index (χ1) is 8.36. The summed E-state index contributed by atoms with van der Waals surface area (Å²) in [5.74, 6) is 0.771. The molecule has 5 heteroatoms. The number of benzene rings is 1. The first-order valence-corrected chi connectivity index (χ1v) is 5.68. The molecule has 0 fully saturated rings. The van der Waals surface area contributed by atoms with E-state index in [0.717, 1.165) is 36.2 Å². The molecular formula is C12H16N4O. The van der Waals surface area contributed by atoms with Crippen LogP contribution in [0.25, 0.3) is 0 Å². The number of amidine groups is 1. The van der Waals surface area contributed by atoms with Crippen LogP contribution >= 0.6 is 0 Å².